The van der Waals surface area contributed by atoms with Crippen LogP contribution in [0, 0.1) is 0 Å². The van der Waals surface area contributed by atoms with Crippen molar-refractivity contribution in [2.24, 2.45) is 14.1 Å². The molecule has 0 radical (unpaired) electrons. The quantitative estimate of drug-likeness (QED) is 0.121. The average Bonchev–Trinajstić information content (AvgIpc) is 3.81. The van der Waals surface area contributed by atoms with E-state index >= 15 is 0 Å². The van der Waals surface area contributed by atoms with Crippen molar-refractivity contribution in [2.45, 2.75) is 0 Å². The van der Waals surface area contributed by atoms with Crippen LogP contribution in [0.25, 0.3) is 97.2 Å². The molecule has 0 aliphatic carbocycles. The Morgan fingerprint density at radius 2 is 0.810 bits per heavy atom. The lowest BCUT2D eigenvalue weighted by Crippen LogP contribution is -2.64. The smallest absolute Gasteiger partial charge is 0.293 e. The molecule has 11 aromatic carbocycles. The minimum absolute atomic E-state index is 0.0339. The number of hydrogen-bond acceptors (Lipinski definition) is 2. The van der Waals surface area contributed by atoms with E-state index < -0.39 is 0 Å². The molecule has 5 heterocycles. The zero-order valence-corrected chi connectivity index (χ0v) is 34.6. The third-order valence-electron chi connectivity index (χ3n) is 15.3. The Morgan fingerprint density at radius 1 is 0.333 bits per heavy atom. The van der Waals surface area contributed by atoms with Crippen LogP contribution in [0.5, 0.6) is 0 Å². The lowest BCUT2D eigenvalue weighted by atomic mass is 9.36. The van der Waals surface area contributed by atoms with Crippen LogP contribution in [0.4, 0.5) is 34.1 Å². The number of nitrogens with zero attached hydrogens (tertiary/aromatic N) is 4. The van der Waals surface area contributed by atoms with Gasteiger partial charge >= 0.3 is 0 Å². The number of aromatic nitrogens is 2. The van der Waals surface area contributed by atoms with Gasteiger partial charge in [-0.1, -0.05) is 140 Å². The van der Waals surface area contributed by atoms with Crippen LogP contribution in [-0.2, 0) is 14.1 Å². The van der Waals surface area contributed by atoms with Crippen LogP contribution in [0.3, 0.4) is 0 Å². The summed E-state index contributed by atoms with van der Waals surface area (Å²) in [5.41, 5.74) is 14.0. The monoisotopic (exact) mass is 798 g/mol. The molecule has 5 heteroatoms. The standard InChI is InChI=1S/C58H35BN4/c1-60-46-23-11-9-20-43(46)54-57(60)59-53-49(62(54)33-27-29-40-36-16-4-3-14-34(36)35-15-5-8-19-39(35)45(40)31-33)30-32-26-28-42-38-18-7-6-17-37(38)41-22-13-25-48-51(41)52(42)50(32)56(53)63(48)55-44-21-10-12-24-47(44)61(2)58(55)59/h3-31H,1-2H3. The second kappa shape index (κ2) is 11.1. The van der Waals surface area contributed by atoms with E-state index in [0.29, 0.717) is 0 Å². The Labute approximate surface area is 362 Å². The summed E-state index contributed by atoms with van der Waals surface area (Å²) in [4.78, 5) is 5.32. The maximum atomic E-state index is 2.69. The van der Waals surface area contributed by atoms with Gasteiger partial charge in [0.2, 0.25) is 0 Å². The molecule has 63 heavy (non-hydrogen) atoms. The Bertz CT molecular complexity index is 4290. The number of anilines is 6. The van der Waals surface area contributed by atoms with Gasteiger partial charge in [0.1, 0.15) is 0 Å². The number of aryl methyl sites for hydroxylation is 2. The predicted molar refractivity (Wildman–Crippen MR) is 270 cm³/mol. The molecule has 0 saturated heterocycles. The van der Waals surface area contributed by atoms with Gasteiger partial charge in [-0.2, -0.15) is 0 Å². The van der Waals surface area contributed by atoms with Crippen LogP contribution < -0.4 is 26.4 Å². The van der Waals surface area contributed by atoms with Crippen LogP contribution in [0.15, 0.2) is 176 Å². The van der Waals surface area contributed by atoms with Crippen LogP contribution in [0.2, 0.25) is 0 Å². The van der Waals surface area contributed by atoms with Crippen molar-refractivity contribution in [2.75, 3.05) is 9.80 Å². The Balaban J connectivity index is 1.13. The highest BCUT2D eigenvalue weighted by Crippen LogP contribution is 2.57. The molecule has 290 valence electrons. The summed E-state index contributed by atoms with van der Waals surface area (Å²) in [5, 5.41) is 20.8. The third kappa shape index (κ3) is 3.68. The van der Waals surface area contributed by atoms with E-state index in [9.17, 15) is 0 Å². The molecule has 0 unspecified atom stereocenters. The molecule has 0 N–H and O–H groups in total. The average molecular weight is 799 g/mol. The van der Waals surface area contributed by atoms with Gasteiger partial charge < -0.3 is 18.9 Å². The van der Waals surface area contributed by atoms with Gasteiger partial charge in [-0.25, -0.2) is 0 Å². The fraction of sp³-hybridized carbons (Fsp3) is 0.0345. The molecule has 2 aromatic heterocycles. The number of fused-ring (bicyclic) bond motifs is 19. The molecule has 4 nitrogen and oxygen atoms in total. The highest BCUT2D eigenvalue weighted by molar-refractivity contribution is 7.00. The number of hydrogen-bond donors (Lipinski definition) is 0. The largest absolute Gasteiger partial charge is 0.353 e. The van der Waals surface area contributed by atoms with Gasteiger partial charge in [-0.05, 0) is 101 Å². The van der Waals surface area contributed by atoms with Crippen molar-refractivity contribution in [1.29, 1.82) is 0 Å². The maximum Gasteiger partial charge on any atom is 0.293 e. The van der Waals surface area contributed by atoms with Crippen molar-refractivity contribution >= 4 is 155 Å². The first-order valence-electron chi connectivity index (χ1n) is 22.1. The molecule has 0 fully saturated rings. The van der Waals surface area contributed by atoms with Crippen molar-refractivity contribution < 1.29 is 0 Å². The minimum atomic E-state index is -0.0339. The van der Waals surface area contributed by atoms with Gasteiger partial charge in [-0.3, -0.25) is 0 Å². The molecular formula is C58H35BN4. The summed E-state index contributed by atoms with van der Waals surface area (Å²) in [6.07, 6.45) is 0. The highest BCUT2D eigenvalue weighted by Gasteiger charge is 2.50. The summed E-state index contributed by atoms with van der Waals surface area (Å²) in [7, 11) is 4.59. The van der Waals surface area contributed by atoms with Crippen molar-refractivity contribution in [3.8, 4) is 0 Å². The van der Waals surface area contributed by atoms with Gasteiger partial charge in [0.15, 0.2) is 0 Å². The molecule has 0 bridgehead atoms. The van der Waals surface area contributed by atoms with Crippen molar-refractivity contribution in [3.05, 3.63) is 176 Å². The molecule has 3 aliphatic rings. The van der Waals surface area contributed by atoms with Crippen LogP contribution in [0.1, 0.15) is 0 Å². The fourth-order valence-corrected chi connectivity index (χ4v) is 12.9. The van der Waals surface area contributed by atoms with Gasteiger partial charge in [0.25, 0.3) is 6.71 Å². The molecule has 13 aromatic rings. The van der Waals surface area contributed by atoms with Crippen LogP contribution in [-0.4, -0.2) is 15.8 Å². The zero-order chi connectivity index (χ0) is 41.0. The summed E-state index contributed by atoms with van der Waals surface area (Å²) in [6, 6.07) is 66.6. The van der Waals surface area contributed by atoms with Crippen LogP contribution >= 0.6 is 0 Å². The Morgan fingerprint density at radius 3 is 1.43 bits per heavy atom. The Hall–Kier alpha value is -8.02. The van der Waals surface area contributed by atoms with Crippen molar-refractivity contribution in [1.82, 2.24) is 9.13 Å². The lowest BCUT2D eigenvalue weighted by Gasteiger charge is -2.45. The fourth-order valence-electron chi connectivity index (χ4n) is 12.9. The lowest BCUT2D eigenvalue weighted by molar-refractivity contribution is 0.982. The van der Waals surface area contributed by atoms with E-state index in [4.69, 9.17) is 0 Å². The van der Waals surface area contributed by atoms with E-state index in [1.54, 1.807) is 0 Å². The van der Waals surface area contributed by atoms with Gasteiger partial charge in [0.05, 0.1) is 22.7 Å². The van der Waals surface area contributed by atoms with E-state index in [1.807, 2.05) is 0 Å². The number of benzene rings is 11. The van der Waals surface area contributed by atoms with E-state index in [1.165, 1.54) is 148 Å². The molecule has 0 saturated carbocycles. The maximum absolute atomic E-state index is 2.69. The number of para-hydroxylation sites is 2. The summed E-state index contributed by atoms with van der Waals surface area (Å²) >= 11 is 0. The molecule has 0 spiro atoms. The number of rotatable bonds is 1. The SMILES string of the molecule is Cn1c2c(c3ccccc31)N(c1ccc3c4ccccc4c4ccccc4c3c1)c1cc3ccc4c5ccccc5c5cccc6c5c4c3c3c1B2c1c(c2ccccc2n1C)N36. The molecule has 16 rings (SSSR count). The highest BCUT2D eigenvalue weighted by atomic mass is 15.2. The van der Waals surface area contributed by atoms with Gasteiger partial charge in [-0.15, -0.1) is 0 Å². The third-order valence-corrected chi connectivity index (χ3v) is 15.3. The topological polar surface area (TPSA) is 16.3 Å². The second-order valence-electron chi connectivity index (χ2n) is 18.0. The van der Waals surface area contributed by atoms with Crippen molar-refractivity contribution in [3.63, 3.8) is 0 Å². The normalized spacial score (nSPS) is 13.8. The first-order valence-corrected chi connectivity index (χ1v) is 22.1. The first-order chi connectivity index (χ1) is 31.2. The first kappa shape index (κ1) is 32.7. The molecule has 0 atom stereocenters. The second-order valence-corrected chi connectivity index (χ2v) is 18.0. The molecular weight excluding hydrogens is 763 g/mol. The minimum Gasteiger partial charge on any atom is -0.353 e. The Kier molecular flexibility index (Phi) is 5.75. The van der Waals surface area contributed by atoms with Gasteiger partial charge in [0, 0.05) is 74.6 Å². The van der Waals surface area contributed by atoms with E-state index in [0.717, 1.165) is 0 Å². The summed E-state index contributed by atoms with van der Waals surface area (Å²) in [5.74, 6) is 0. The van der Waals surface area contributed by atoms with E-state index in [2.05, 4.69) is 209 Å². The summed E-state index contributed by atoms with van der Waals surface area (Å²) < 4.78 is 5.02. The van der Waals surface area contributed by atoms with E-state index in [-0.39, 0.29) is 6.71 Å². The summed E-state index contributed by atoms with van der Waals surface area (Å²) in [6.45, 7) is -0.0339. The molecule has 0 amide bonds. The predicted octanol–water partition coefficient (Wildman–Crippen LogP) is 13.1. The zero-order valence-electron chi connectivity index (χ0n) is 34.6. The molecule has 3 aliphatic heterocycles.